The Bertz CT molecular complexity index is 995. The Morgan fingerprint density at radius 3 is 2.57 bits per heavy atom. The molecule has 2 aromatic carbocycles. The predicted octanol–water partition coefficient (Wildman–Crippen LogP) is 6.22. The maximum Gasteiger partial charge on any atom is 0.416 e. The first-order chi connectivity index (χ1) is 13.2. The normalized spacial score (nSPS) is 11.3. The average molecular weight is 405 g/mol. The molecule has 1 heterocycles. The lowest BCUT2D eigenvalue weighted by atomic mass is 10.1. The average Bonchev–Trinajstić information content (AvgIpc) is 3.11. The number of carbonyl (C=O) groups is 1. The minimum absolute atomic E-state index is 0.0983. The number of carbonyl (C=O) groups excluding carboxylic acids is 1. The Morgan fingerprint density at radius 1 is 1.07 bits per heavy atom. The van der Waals surface area contributed by atoms with E-state index < -0.39 is 17.6 Å². The van der Waals surface area contributed by atoms with Gasteiger partial charge in [0.1, 0.15) is 12.4 Å². The third-order valence-electron chi connectivity index (χ3n) is 4.21. The summed E-state index contributed by atoms with van der Waals surface area (Å²) in [6.45, 7) is 4.33. The van der Waals surface area contributed by atoms with Crippen LogP contribution in [-0.4, -0.2) is 5.91 Å². The van der Waals surface area contributed by atoms with Crippen LogP contribution < -0.4 is 10.1 Å². The van der Waals surface area contributed by atoms with E-state index >= 15 is 0 Å². The second-order valence-electron chi connectivity index (χ2n) is 6.39. The van der Waals surface area contributed by atoms with E-state index in [1.165, 1.54) is 29.0 Å². The van der Waals surface area contributed by atoms with Gasteiger partial charge in [0.05, 0.1) is 10.4 Å². The van der Waals surface area contributed by atoms with Crippen molar-refractivity contribution in [3.05, 3.63) is 81.0 Å². The molecule has 0 atom stereocenters. The summed E-state index contributed by atoms with van der Waals surface area (Å²) in [4.78, 5) is 12.7. The number of anilines is 1. The maximum atomic E-state index is 12.8. The van der Waals surface area contributed by atoms with Crippen LogP contribution in [0.3, 0.4) is 0 Å². The van der Waals surface area contributed by atoms with E-state index in [9.17, 15) is 18.0 Å². The topological polar surface area (TPSA) is 38.3 Å². The zero-order chi connectivity index (χ0) is 20.3. The Kier molecular flexibility index (Phi) is 5.74. The largest absolute Gasteiger partial charge is 0.489 e. The molecule has 1 N–H and O–H groups in total. The van der Waals surface area contributed by atoms with E-state index in [-0.39, 0.29) is 5.69 Å². The fraction of sp³-hybridized carbons (Fsp3) is 0.190. The highest BCUT2D eigenvalue weighted by Crippen LogP contribution is 2.31. The molecule has 28 heavy (non-hydrogen) atoms. The maximum absolute atomic E-state index is 12.8. The molecule has 0 unspecified atom stereocenters. The van der Waals surface area contributed by atoms with Crippen molar-refractivity contribution in [2.24, 2.45) is 0 Å². The van der Waals surface area contributed by atoms with Crippen molar-refractivity contribution >= 4 is 22.9 Å². The second kappa shape index (κ2) is 8.06. The summed E-state index contributed by atoms with van der Waals surface area (Å²) in [6, 6.07) is 12.0. The first kappa shape index (κ1) is 19.9. The molecule has 0 aliphatic heterocycles. The summed E-state index contributed by atoms with van der Waals surface area (Å²) in [5.41, 5.74) is 2.41. The van der Waals surface area contributed by atoms with Gasteiger partial charge in [0, 0.05) is 11.3 Å². The molecule has 3 aromatic rings. The van der Waals surface area contributed by atoms with E-state index in [4.69, 9.17) is 4.74 Å². The number of hydrogen-bond donors (Lipinski definition) is 1. The van der Waals surface area contributed by atoms with Gasteiger partial charge in [-0.3, -0.25) is 4.79 Å². The number of hydrogen-bond acceptors (Lipinski definition) is 3. The fourth-order valence-corrected chi connectivity index (χ4v) is 3.30. The van der Waals surface area contributed by atoms with Crippen LogP contribution in [0.2, 0.25) is 0 Å². The summed E-state index contributed by atoms with van der Waals surface area (Å²) < 4.78 is 44.1. The van der Waals surface area contributed by atoms with E-state index in [1.807, 2.05) is 32.0 Å². The van der Waals surface area contributed by atoms with Crippen molar-refractivity contribution < 1.29 is 22.7 Å². The van der Waals surface area contributed by atoms with Gasteiger partial charge in [-0.15, -0.1) is 11.3 Å². The van der Waals surface area contributed by atoms with Gasteiger partial charge < -0.3 is 10.1 Å². The number of benzene rings is 2. The zero-order valence-corrected chi connectivity index (χ0v) is 16.1. The highest BCUT2D eigenvalue weighted by Gasteiger charge is 2.30. The molecule has 0 bridgehead atoms. The molecular formula is C21H18F3NO2S. The lowest BCUT2D eigenvalue weighted by Gasteiger charge is -2.09. The molecule has 0 spiro atoms. The van der Waals surface area contributed by atoms with Crippen LogP contribution in [0.15, 0.2) is 53.9 Å². The molecule has 3 nitrogen and oxygen atoms in total. The molecule has 0 radical (unpaired) electrons. The number of halogens is 3. The van der Waals surface area contributed by atoms with Gasteiger partial charge in [0.2, 0.25) is 0 Å². The lowest BCUT2D eigenvalue weighted by molar-refractivity contribution is -0.137. The first-order valence-corrected chi connectivity index (χ1v) is 9.36. The van der Waals surface area contributed by atoms with Crippen molar-refractivity contribution in [1.82, 2.24) is 0 Å². The van der Waals surface area contributed by atoms with Crippen LogP contribution in [0, 0.1) is 13.8 Å². The summed E-state index contributed by atoms with van der Waals surface area (Å²) in [7, 11) is 0. The van der Waals surface area contributed by atoms with Crippen LogP contribution in [0.25, 0.3) is 0 Å². The van der Waals surface area contributed by atoms with E-state index in [2.05, 4.69) is 5.32 Å². The first-order valence-electron chi connectivity index (χ1n) is 8.48. The Hall–Kier alpha value is -2.80. The quantitative estimate of drug-likeness (QED) is 0.548. The predicted molar refractivity (Wildman–Crippen MR) is 104 cm³/mol. The van der Waals surface area contributed by atoms with E-state index in [1.54, 1.807) is 11.4 Å². The number of aryl methyl sites for hydroxylation is 2. The molecular weight excluding hydrogens is 387 g/mol. The number of thiophene rings is 1. The third kappa shape index (κ3) is 4.92. The summed E-state index contributed by atoms with van der Waals surface area (Å²) in [5.74, 6) is 0.283. The van der Waals surface area contributed by atoms with Crippen LogP contribution in [0.1, 0.15) is 31.9 Å². The van der Waals surface area contributed by atoms with E-state index in [0.717, 1.165) is 29.0 Å². The smallest absolute Gasteiger partial charge is 0.416 e. The van der Waals surface area contributed by atoms with Gasteiger partial charge in [0.15, 0.2) is 0 Å². The van der Waals surface area contributed by atoms with Gasteiger partial charge in [-0.1, -0.05) is 12.1 Å². The van der Waals surface area contributed by atoms with Crippen LogP contribution in [0.4, 0.5) is 18.9 Å². The number of alkyl halides is 3. The summed E-state index contributed by atoms with van der Waals surface area (Å²) in [5, 5.41) is 4.30. The standard InChI is InChI=1S/C21H18F3NO2S/c1-13-6-7-18(8-14(13)2)27-11-15-9-19(28-12-15)20(26)25-17-5-3-4-16(10-17)21(22,23)24/h3-10,12H,11H2,1-2H3,(H,25,26). The monoisotopic (exact) mass is 405 g/mol. The van der Waals surface area contributed by atoms with Crippen molar-refractivity contribution in [1.29, 1.82) is 0 Å². The van der Waals surface area contributed by atoms with Crippen LogP contribution >= 0.6 is 11.3 Å². The molecule has 146 valence electrons. The SMILES string of the molecule is Cc1ccc(OCc2csc(C(=O)Nc3cccc(C(F)(F)F)c3)c2)cc1C. The highest BCUT2D eigenvalue weighted by atomic mass is 32.1. The van der Waals surface area contributed by atoms with Crippen molar-refractivity contribution in [3.8, 4) is 5.75 Å². The number of rotatable bonds is 5. The molecule has 0 saturated heterocycles. The highest BCUT2D eigenvalue weighted by molar-refractivity contribution is 7.12. The Labute approximate surface area is 164 Å². The number of ether oxygens (including phenoxy) is 1. The second-order valence-corrected chi connectivity index (χ2v) is 7.30. The number of nitrogens with one attached hydrogen (secondary N) is 1. The molecule has 0 fully saturated rings. The molecule has 1 amide bonds. The van der Waals surface area contributed by atoms with Crippen molar-refractivity contribution in [2.75, 3.05) is 5.32 Å². The molecule has 0 aliphatic carbocycles. The van der Waals surface area contributed by atoms with Gasteiger partial charge in [-0.05, 0) is 66.8 Å². The minimum atomic E-state index is -4.46. The Morgan fingerprint density at radius 2 is 1.86 bits per heavy atom. The fourth-order valence-electron chi connectivity index (χ4n) is 2.51. The third-order valence-corrected chi connectivity index (χ3v) is 5.19. The molecule has 1 aromatic heterocycles. The molecule has 0 saturated carbocycles. The van der Waals surface area contributed by atoms with Crippen molar-refractivity contribution in [3.63, 3.8) is 0 Å². The van der Waals surface area contributed by atoms with E-state index in [0.29, 0.717) is 11.5 Å². The Balaban J connectivity index is 1.63. The molecule has 3 rings (SSSR count). The minimum Gasteiger partial charge on any atom is -0.489 e. The van der Waals surface area contributed by atoms with Crippen molar-refractivity contribution in [2.45, 2.75) is 26.6 Å². The lowest BCUT2D eigenvalue weighted by Crippen LogP contribution is -2.12. The van der Waals surface area contributed by atoms with Crippen LogP contribution in [-0.2, 0) is 12.8 Å². The molecule has 0 aliphatic rings. The summed E-state index contributed by atoms with van der Waals surface area (Å²) in [6.07, 6.45) is -4.46. The summed E-state index contributed by atoms with van der Waals surface area (Å²) >= 11 is 1.21. The zero-order valence-electron chi connectivity index (χ0n) is 15.3. The van der Waals surface area contributed by atoms with Gasteiger partial charge in [-0.25, -0.2) is 0 Å². The van der Waals surface area contributed by atoms with Gasteiger partial charge in [-0.2, -0.15) is 13.2 Å². The van der Waals surface area contributed by atoms with Crippen LogP contribution in [0.5, 0.6) is 5.75 Å². The van der Waals surface area contributed by atoms with Gasteiger partial charge >= 0.3 is 6.18 Å². The van der Waals surface area contributed by atoms with Gasteiger partial charge in [0.25, 0.3) is 5.91 Å². The molecule has 7 heteroatoms. The number of amides is 1.